The molecule has 0 unspecified atom stereocenters. The fourth-order valence-electron chi connectivity index (χ4n) is 6.01. The molecule has 0 radical (unpaired) electrons. The van der Waals surface area contributed by atoms with E-state index in [1.807, 2.05) is 0 Å². The Hall–Kier alpha value is -3.82. The van der Waals surface area contributed by atoms with Crippen LogP contribution in [0.15, 0.2) is 29.9 Å². The highest BCUT2D eigenvalue weighted by molar-refractivity contribution is 7.13. The van der Waals surface area contributed by atoms with Gasteiger partial charge in [-0.05, 0) is 72.4 Å². The molecule has 5 heterocycles. The van der Waals surface area contributed by atoms with Gasteiger partial charge in [-0.2, -0.15) is 13.2 Å². The molecule has 266 valence electrons. The smallest absolute Gasteiger partial charge is 0.434 e. The molecular formula is C34H44F3N7O4S. The van der Waals surface area contributed by atoms with Gasteiger partial charge in [0.1, 0.15) is 23.0 Å². The van der Waals surface area contributed by atoms with Crippen molar-refractivity contribution in [2.45, 2.75) is 90.8 Å². The van der Waals surface area contributed by atoms with Crippen LogP contribution in [0, 0.1) is 0 Å². The van der Waals surface area contributed by atoms with E-state index in [-0.39, 0.29) is 40.0 Å². The third-order valence-corrected chi connectivity index (χ3v) is 9.73. The standard InChI is InChI=1S/C34H44F3N7O4S/c1-6-38-33(46)42-29-16-26(31-41-28(19-49-31)34(35,36)37)27(18-39-29)25-15-22(32(45)48-24-9-13-44(14-10-24)21(4)5)17-40-30(25)47-23-7-11-43(12-8-23)20(2)3/h15-21,23-24H,6-14H2,1-5H3,(H2,38,39,42,46). The fourth-order valence-corrected chi connectivity index (χ4v) is 6.87. The maximum atomic E-state index is 13.7. The van der Waals surface area contributed by atoms with Gasteiger partial charge < -0.3 is 24.6 Å². The molecular weight excluding hydrogens is 659 g/mol. The number of halogens is 3. The molecule has 2 saturated heterocycles. The minimum Gasteiger partial charge on any atom is -0.474 e. The monoisotopic (exact) mass is 703 g/mol. The van der Waals surface area contributed by atoms with Gasteiger partial charge in [0.25, 0.3) is 0 Å². The Balaban J connectivity index is 1.53. The van der Waals surface area contributed by atoms with Crippen molar-refractivity contribution < 1.29 is 32.2 Å². The predicted molar refractivity (Wildman–Crippen MR) is 182 cm³/mol. The van der Waals surface area contributed by atoms with Crippen molar-refractivity contribution in [1.82, 2.24) is 30.1 Å². The summed E-state index contributed by atoms with van der Waals surface area (Å²) in [7, 11) is 0. The summed E-state index contributed by atoms with van der Waals surface area (Å²) in [6, 6.07) is 3.34. The van der Waals surface area contributed by atoms with E-state index in [1.165, 1.54) is 18.5 Å². The lowest BCUT2D eigenvalue weighted by molar-refractivity contribution is -0.140. The van der Waals surface area contributed by atoms with Gasteiger partial charge in [-0.15, -0.1) is 11.3 Å². The number of carbonyl (C=O) groups is 2. The van der Waals surface area contributed by atoms with Crippen LogP contribution in [-0.4, -0.2) is 93.8 Å². The van der Waals surface area contributed by atoms with Crippen LogP contribution in [0.4, 0.5) is 23.8 Å². The van der Waals surface area contributed by atoms with Crippen LogP contribution in [0.2, 0.25) is 0 Å². The van der Waals surface area contributed by atoms with E-state index in [9.17, 15) is 22.8 Å². The SMILES string of the molecule is CCNC(=O)Nc1cc(-c2nc(C(F)(F)F)cs2)c(-c2cc(C(=O)OC3CCN(C(C)C)CC3)cnc2OC2CCN(C(C)C)CC2)cn1. The number of hydrogen-bond donors (Lipinski definition) is 2. The number of nitrogens with one attached hydrogen (secondary N) is 2. The van der Waals surface area contributed by atoms with Crippen LogP contribution in [-0.2, 0) is 10.9 Å². The molecule has 49 heavy (non-hydrogen) atoms. The highest BCUT2D eigenvalue weighted by Gasteiger charge is 2.34. The molecule has 0 saturated carbocycles. The van der Waals surface area contributed by atoms with Crippen molar-refractivity contribution in [2.24, 2.45) is 0 Å². The van der Waals surface area contributed by atoms with Crippen molar-refractivity contribution >= 4 is 29.2 Å². The molecule has 3 aromatic heterocycles. The molecule has 0 spiro atoms. The molecule has 2 fully saturated rings. The summed E-state index contributed by atoms with van der Waals surface area (Å²) >= 11 is 0.807. The number of alkyl halides is 3. The van der Waals surface area contributed by atoms with Gasteiger partial charge in [-0.1, -0.05) is 0 Å². The maximum Gasteiger partial charge on any atom is 0.434 e. The zero-order valence-electron chi connectivity index (χ0n) is 28.5. The Kier molecular flexibility index (Phi) is 11.8. The maximum absolute atomic E-state index is 13.7. The predicted octanol–water partition coefficient (Wildman–Crippen LogP) is 6.71. The van der Waals surface area contributed by atoms with E-state index in [4.69, 9.17) is 9.47 Å². The van der Waals surface area contributed by atoms with Gasteiger partial charge in [0.05, 0.1) is 5.56 Å². The molecule has 0 atom stereocenters. The zero-order valence-corrected chi connectivity index (χ0v) is 29.3. The minimum absolute atomic E-state index is 0.0461. The van der Waals surface area contributed by atoms with E-state index in [2.05, 4.69) is 63.1 Å². The van der Waals surface area contributed by atoms with Gasteiger partial charge in [0.2, 0.25) is 5.88 Å². The molecule has 0 aromatic carbocycles. The van der Waals surface area contributed by atoms with Crippen molar-refractivity contribution in [3.63, 3.8) is 0 Å². The summed E-state index contributed by atoms with van der Waals surface area (Å²) < 4.78 is 53.3. The van der Waals surface area contributed by atoms with Crippen LogP contribution in [0.5, 0.6) is 5.88 Å². The van der Waals surface area contributed by atoms with E-state index in [1.54, 1.807) is 13.0 Å². The second kappa shape index (κ2) is 15.8. The highest BCUT2D eigenvalue weighted by atomic mass is 32.1. The Labute approximate surface area is 288 Å². The molecule has 2 aliphatic heterocycles. The highest BCUT2D eigenvalue weighted by Crippen LogP contribution is 2.41. The number of anilines is 1. The lowest BCUT2D eigenvalue weighted by Gasteiger charge is -2.34. The normalized spacial score (nSPS) is 17.0. The Bertz CT molecular complexity index is 1600. The molecule has 11 nitrogen and oxygen atoms in total. The first-order chi connectivity index (χ1) is 23.3. The lowest BCUT2D eigenvalue weighted by Crippen LogP contribution is -2.42. The van der Waals surface area contributed by atoms with E-state index in [0.717, 1.165) is 55.7 Å². The Morgan fingerprint density at radius 1 is 0.918 bits per heavy atom. The molecule has 0 aliphatic carbocycles. The topological polar surface area (TPSA) is 122 Å². The van der Waals surface area contributed by atoms with Crippen LogP contribution in [0.25, 0.3) is 21.7 Å². The van der Waals surface area contributed by atoms with Gasteiger partial charge in [0, 0.05) is 79.3 Å². The van der Waals surface area contributed by atoms with Crippen LogP contribution in [0.1, 0.15) is 76.4 Å². The Morgan fingerprint density at radius 3 is 2.12 bits per heavy atom. The number of thiazole rings is 1. The molecule has 2 N–H and O–H groups in total. The first-order valence-electron chi connectivity index (χ1n) is 16.8. The van der Waals surface area contributed by atoms with E-state index >= 15 is 0 Å². The third-order valence-electron chi connectivity index (χ3n) is 8.85. The summed E-state index contributed by atoms with van der Waals surface area (Å²) in [5.41, 5.74) is 0.0857. The van der Waals surface area contributed by atoms with Crippen LogP contribution < -0.4 is 15.4 Å². The number of likely N-dealkylation sites (tertiary alicyclic amines) is 2. The van der Waals surface area contributed by atoms with E-state index in [0.29, 0.717) is 42.6 Å². The summed E-state index contributed by atoms with van der Waals surface area (Å²) in [6.07, 6.45) is 0.683. The second-order valence-electron chi connectivity index (χ2n) is 12.9. The molecule has 0 bridgehead atoms. The van der Waals surface area contributed by atoms with Gasteiger partial charge in [-0.25, -0.2) is 24.5 Å². The Morgan fingerprint density at radius 2 is 1.55 bits per heavy atom. The van der Waals surface area contributed by atoms with Crippen molar-refractivity contribution in [3.05, 3.63) is 41.2 Å². The number of esters is 1. The quantitative estimate of drug-likeness (QED) is 0.222. The van der Waals surface area contributed by atoms with Crippen LogP contribution in [0.3, 0.4) is 0 Å². The lowest BCUT2D eigenvalue weighted by atomic mass is 10.0. The zero-order chi connectivity index (χ0) is 35.3. The first kappa shape index (κ1) is 36.5. The molecule has 5 rings (SSSR count). The van der Waals surface area contributed by atoms with Crippen molar-refractivity contribution in [1.29, 1.82) is 0 Å². The summed E-state index contributed by atoms with van der Waals surface area (Å²) in [5, 5.41) is 6.21. The summed E-state index contributed by atoms with van der Waals surface area (Å²) in [5.74, 6) is -0.232. The number of hydrogen-bond acceptors (Lipinski definition) is 10. The number of urea groups is 1. The largest absolute Gasteiger partial charge is 0.474 e. The number of pyridine rings is 2. The number of rotatable bonds is 10. The van der Waals surface area contributed by atoms with Crippen LogP contribution >= 0.6 is 11.3 Å². The number of ether oxygens (including phenoxy) is 2. The minimum atomic E-state index is -4.65. The molecule has 3 aromatic rings. The fraction of sp³-hybridized carbons (Fsp3) is 0.559. The summed E-state index contributed by atoms with van der Waals surface area (Å²) in [6.45, 7) is 14.0. The average Bonchev–Trinajstić information content (AvgIpc) is 3.57. The first-order valence-corrected chi connectivity index (χ1v) is 17.6. The molecule has 15 heteroatoms. The van der Waals surface area contributed by atoms with E-state index < -0.39 is 23.9 Å². The summed E-state index contributed by atoms with van der Waals surface area (Å²) in [4.78, 5) is 43.4. The van der Waals surface area contributed by atoms with Crippen molar-refractivity contribution in [2.75, 3.05) is 38.0 Å². The van der Waals surface area contributed by atoms with Gasteiger partial charge >= 0.3 is 18.2 Å². The molecule has 2 aliphatic rings. The number of piperidine rings is 2. The van der Waals surface area contributed by atoms with Gasteiger partial charge in [0.15, 0.2) is 5.69 Å². The van der Waals surface area contributed by atoms with Gasteiger partial charge in [-0.3, -0.25) is 5.32 Å². The number of carbonyl (C=O) groups excluding carboxylic acids is 2. The number of nitrogens with zero attached hydrogens (tertiary/aromatic N) is 5. The van der Waals surface area contributed by atoms with Crippen molar-refractivity contribution in [3.8, 4) is 27.6 Å². The number of aromatic nitrogens is 3. The average molecular weight is 704 g/mol. The molecule has 2 amide bonds. The number of amides is 2. The second-order valence-corrected chi connectivity index (χ2v) is 13.8. The third kappa shape index (κ3) is 9.25.